The molecule has 3 rings (SSSR count). The summed E-state index contributed by atoms with van der Waals surface area (Å²) in [5.41, 5.74) is 1.26. The molecule has 1 aromatic carbocycles. The maximum Gasteiger partial charge on any atom is 0.240 e. The van der Waals surface area contributed by atoms with Gasteiger partial charge in [0.15, 0.2) is 0 Å². The van der Waals surface area contributed by atoms with Crippen LogP contribution in [0.15, 0.2) is 41.8 Å². The maximum atomic E-state index is 12.3. The number of sulfonamides is 1. The van der Waals surface area contributed by atoms with Crippen molar-refractivity contribution < 1.29 is 8.42 Å². The Labute approximate surface area is 143 Å². The minimum atomic E-state index is -3.44. The number of hydrogen-bond donors (Lipinski definition) is 1. The van der Waals surface area contributed by atoms with Crippen LogP contribution < -0.4 is 4.72 Å². The molecule has 1 N–H and O–H groups in total. The average molecular weight is 348 g/mol. The number of hydrogen-bond acceptors (Lipinski definition) is 4. The summed E-state index contributed by atoms with van der Waals surface area (Å²) in [5, 5.41) is 3.99. The summed E-state index contributed by atoms with van der Waals surface area (Å²) in [7, 11) is -3.44. The van der Waals surface area contributed by atoms with E-state index in [1.807, 2.05) is 12.1 Å². The second kappa shape index (κ2) is 7.90. The fraction of sp³-hybridized carbons (Fsp3) is 0.529. The number of nitrogens with zero attached hydrogens (tertiary/aromatic N) is 3. The summed E-state index contributed by atoms with van der Waals surface area (Å²) in [5.74, 6) is 0.589. The number of benzene rings is 1. The first-order valence-electron chi connectivity index (χ1n) is 8.57. The van der Waals surface area contributed by atoms with Gasteiger partial charge in [-0.2, -0.15) is 5.10 Å². The van der Waals surface area contributed by atoms with Crippen molar-refractivity contribution in [3.05, 3.63) is 42.5 Å². The number of aromatic nitrogens is 3. The molecule has 0 bridgehead atoms. The van der Waals surface area contributed by atoms with E-state index in [0.29, 0.717) is 30.3 Å². The van der Waals surface area contributed by atoms with Crippen LogP contribution in [0, 0.1) is 0 Å². The van der Waals surface area contributed by atoms with Gasteiger partial charge in [-0.1, -0.05) is 31.4 Å². The predicted molar refractivity (Wildman–Crippen MR) is 92.1 cm³/mol. The minimum absolute atomic E-state index is 0.336. The van der Waals surface area contributed by atoms with Crippen LogP contribution in [0.5, 0.6) is 0 Å². The van der Waals surface area contributed by atoms with Crippen molar-refractivity contribution >= 4 is 10.0 Å². The monoisotopic (exact) mass is 348 g/mol. The molecule has 1 aromatic heterocycles. The van der Waals surface area contributed by atoms with Crippen molar-refractivity contribution in [3.63, 3.8) is 0 Å². The summed E-state index contributed by atoms with van der Waals surface area (Å²) in [6.45, 7) is 1.02. The van der Waals surface area contributed by atoms with Crippen LogP contribution in [-0.4, -0.2) is 29.7 Å². The molecule has 0 atom stereocenters. The van der Waals surface area contributed by atoms with Crippen LogP contribution in [0.3, 0.4) is 0 Å². The molecule has 0 amide bonds. The molecule has 0 spiro atoms. The molecule has 0 saturated heterocycles. The van der Waals surface area contributed by atoms with Crippen LogP contribution in [0.4, 0.5) is 0 Å². The minimum Gasteiger partial charge on any atom is -0.253 e. The molecular formula is C17H24N4O2S. The summed E-state index contributed by atoms with van der Waals surface area (Å²) < 4.78 is 29.0. The Morgan fingerprint density at radius 3 is 2.54 bits per heavy atom. The molecule has 1 heterocycles. The van der Waals surface area contributed by atoms with Gasteiger partial charge in [0.25, 0.3) is 0 Å². The third-order valence-corrected chi connectivity index (χ3v) is 6.07. The van der Waals surface area contributed by atoms with Gasteiger partial charge in [-0.15, -0.1) is 0 Å². The SMILES string of the molecule is O=S(=O)(NCCCn1cncn1)c1ccc(C2CCCCC2)cc1. The highest BCUT2D eigenvalue weighted by atomic mass is 32.2. The Morgan fingerprint density at radius 2 is 1.88 bits per heavy atom. The average Bonchev–Trinajstić information content (AvgIpc) is 3.13. The Hall–Kier alpha value is -1.73. The molecule has 6 nitrogen and oxygen atoms in total. The molecule has 0 radical (unpaired) electrons. The molecule has 2 aromatic rings. The summed E-state index contributed by atoms with van der Waals surface area (Å²) in [6.07, 6.45) is 10.1. The van der Waals surface area contributed by atoms with Gasteiger partial charge in [-0.25, -0.2) is 18.1 Å². The van der Waals surface area contributed by atoms with Crippen molar-refractivity contribution in [1.29, 1.82) is 0 Å². The maximum absolute atomic E-state index is 12.3. The summed E-state index contributed by atoms with van der Waals surface area (Å²) in [4.78, 5) is 4.19. The van der Waals surface area contributed by atoms with E-state index >= 15 is 0 Å². The quantitative estimate of drug-likeness (QED) is 0.781. The van der Waals surface area contributed by atoms with Crippen molar-refractivity contribution in [2.75, 3.05) is 6.54 Å². The topological polar surface area (TPSA) is 76.9 Å². The van der Waals surface area contributed by atoms with E-state index in [1.165, 1.54) is 44.0 Å². The van der Waals surface area contributed by atoms with Crippen molar-refractivity contribution in [2.45, 2.75) is 55.9 Å². The zero-order valence-electron chi connectivity index (χ0n) is 13.8. The van der Waals surface area contributed by atoms with Gasteiger partial charge in [0.05, 0.1) is 4.90 Å². The van der Waals surface area contributed by atoms with Gasteiger partial charge in [0.2, 0.25) is 10.0 Å². The highest BCUT2D eigenvalue weighted by molar-refractivity contribution is 7.89. The first kappa shape index (κ1) is 17.1. The van der Waals surface area contributed by atoms with Crippen LogP contribution in [-0.2, 0) is 16.6 Å². The van der Waals surface area contributed by atoms with Crippen molar-refractivity contribution in [2.24, 2.45) is 0 Å². The van der Waals surface area contributed by atoms with Crippen molar-refractivity contribution in [3.8, 4) is 0 Å². The van der Waals surface area contributed by atoms with E-state index in [-0.39, 0.29) is 0 Å². The third kappa shape index (κ3) is 4.42. The normalized spacial score (nSPS) is 16.3. The second-order valence-electron chi connectivity index (χ2n) is 6.31. The van der Waals surface area contributed by atoms with E-state index in [1.54, 1.807) is 23.1 Å². The number of rotatable bonds is 7. The molecule has 1 aliphatic carbocycles. The lowest BCUT2D eigenvalue weighted by Crippen LogP contribution is -2.25. The van der Waals surface area contributed by atoms with Crippen LogP contribution in [0.25, 0.3) is 0 Å². The third-order valence-electron chi connectivity index (χ3n) is 4.59. The van der Waals surface area contributed by atoms with Crippen LogP contribution in [0.1, 0.15) is 50.0 Å². The van der Waals surface area contributed by atoms with Gasteiger partial charge in [-0.05, 0) is 42.9 Å². The fourth-order valence-electron chi connectivity index (χ4n) is 3.23. The number of nitrogens with one attached hydrogen (secondary N) is 1. The smallest absolute Gasteiger partial charge is 0.240 e. The zero-order chi connectivity index (χ0) is 16.8. The fourth-order valence-corrected chi connectivity index (χ4v) is 4.31. The lowest BCUT2D eigenvalue weighted by molar-refractivity contribution is 0.443. The lowest BCUT2D eigenvalue weighted by atomic mass is 9.84. The number of aryl methyl sites for hydroxylation is 1. The standard InChI is InChI=1S/C17H24N4O2S/c22-24(23,20-11-4-12-21-14-18-13-19-21)17-9-7-16(8-10-17)15-5-2-1-3-6-15/h7-10,13-15,20H,1-6,11-12H2. The van der Waals surface area contributed by atoms with Gasteiger partial charge in [0.1, 0.15) is 12.7 Å². The Kier molecular flexibility index (Phi) is 5.63. The Bertz CT molecular complexity index is 720. The van der Waals surface area contributed by atoms with Crippen LogP contribution in [0.2, 0.25) is 0 Å². The molecule has 0 aliphatic heterocycles. The van der Waals surface area contributed by atoms with Gasteiger partial charge < -0.3 is 0 Å². The zero-order valence-corrected chi connectivity index (χ0v) is 14.6. The van der Waals surface area contributed by atoms with Gasteiger partial charge in [-0.3, -0.25) is 4.68 Å². The highest BCUT2D eigenvalue weighted by Crippen LogP contribution is 2.32. The lowest BCUT2D eigenvalue weighted by Gasteiger charge is -2.22. The Balaban J connectivity index is 1.53. The largest absolute Gasteiger partial charge is 0.253 e. The van der Waals surface area contributed by atoms with E-state index in [0.717, 1.165) is 0 Å². The molecule has 24 heavy (non-hydrogen) atoms. The predicted octanol–water partition coefficient (Wildman–Crippen LogP) is 2.69. The van der Waals surface area contributed by atoms with E-state index in [4.69, 9.17) is 0 Å². The van der Waals surface area contributed by atoms with E-state index in [2.05, 4.69) is 14.8 Å². The highest BCUT2D eigenvalue weighted by Gasteiger charge is 2.17. The molecule has 7 heteroatoms. The van der Waals surface area contributed by atoms with Gasteiger partial charge in [0, 0.05) is 13.1 Å². The summed E-state index contributed by atoms with van der Waals surface area (Å²) in [6, 6.07) is 7.40. The van der Waals surface area contributed by atoms with Gasteiger partial charge >= 0.3 is 0 Å². The first-order chi connectivity index (χ1) is 11.6. The summed E-state index contributed by atoms with van der Waals surface area (Å²) >= 11 is 0. The molecule has 1 fully saturated rings. The van der Waals surface area contributed by atoms with Crippen molar-refractivity contribution in [1.82, 2.24) is 19.5 Å². The van der Waals surface area contributed by atoms with Crippen LogP contribution >= 0.6 is 0 Å². The van der Waals surface area contributed by atoms with E-state index < -0.39 is 10.0 Å². The second-order valence-corrected chi connectivity index (χ2v) is 8.08. The molecule has 1 saturated carbocycles. The molecule has 1 aliphatic rings. The molecule has 130 valence electrons. The van der Waals surface area contributed by atoms with E-state index in [9.17, 15) is 8.42 Å². The molecular weight excluding hydrogens is 324 g/mol. The first-order valence-corrected chi connectivity index (χ1v) is 10.1. The Morgan fingerprint density at radius 1 is 1.12 bits per heavy atom. The molecule has 0 unspecified atom stereocenters.